The molecule has 388 valence electrons. The van der Waals surface area contributed by atoms with Crippen LogP contribution in [0.15, 0.2) is 36.5 Å². The molecular weight excluding hydrogens is 861 g/mol. The van der Waals surface area contributed by atoms with Crippen LogP contribution < -0.4 is 0 Å². The first-order valence-electron chi connectivity index (χ1n) is 26.7. The summed E-state index contributed by atoms with van der Waals surface area (Å²) in [6.45, 7) is 3.90. The number of hydrogen-bond donors (Lipinski definition) is 4. The molecule has 0 amide bonds. The Morgan fingerprint density at radius 3 is 1.53 bits per heavy atom. The van der Waals surface area contributed by atoms with Crippen molar-refractivity contribution in [2.45, 2.75) is 269 Å². The summed E-state index contributed by atoms with van der Waals surface area (Å²) in [7, 11) is -5.07. The number of esters is 1. The van der Waals surface area contributed by atoms with Gasteiger partial charge in [-0.25, -0.2) is 4.18 Å². The zero-order valence-corrected chi connectivity index (χ0v) is 42.6. The Bertz CT molecular complexity index is 1290. The molecule has 0 aromatic heterocycles. The summed E-state index contributed by atoms with van der Waals surface area (Å²) in [5, 5.41) is 30.8. The normalized spacial score (nSPS) is 19.8. The molecule has 0 aromatic carbocycles. The predicted octanol–water partition coefficient (Wildman–Crippen LogP) is 12.5. The van der Waals surface area contributed by atoms with Crippen LogP contribution in [0.4, 0.5) is 0 Å². The standard InChI is InChI=1S/C53H98O12S/c1-3-5-7-9-11-13-15-17-19-20-21-22-23-24-25-26-27-29-31-33-35-37-39-41-43-61-45-47(46-62-53-51(57)52(65-66(58,59)60)50(56)48(44-54)64-53)63-49(55)42-40-38-36-34-32-30-28-18-16-14-12-10-8-6-4-2/h6,8,12,14,18,28,47-48,50-54,56-57H,3-5,7,9-11,13,15-17,19-27,29-46H2,1-2H3,(H,58,59,60)/b8-6-,14-12-,28-18-. The largest absolute Gasteiger partial charge is 0.457 e. The molecule has 1 aliphatic rings. The van der Waals surface area contributed by atoms with E-state index in [1.54, 1.807) is 0 Å². The number of carbonyl (C=O) groups is 1. The molecule has 13 heteroatoms. The van der Waals surface area contributed by atoms with E-state index in [4.69, 9.17) is 18.9 Å². The fourth-order valence-electron chi connectivity index (χ4n) is 8.28. The van der Waals surface area contributed by atoms with Crippen molar-refractivity contribution < 1.29 is 56.2 Å². The minimum atomic E-state index is -5.07. The molecule has 6 unspecified atom stereocenters. The van der Waals surface area contributed by atoms with Crippen LogP contribution in [0.3, 0.4) is 0 Å². The first kappa shape index (κ1) is 62.3. The molecule has 0 aliphatic carbocycles. The van der Waals surface area contributed by atoms with Gasteiger partial charge in [0.25, 0.3) is 0 Å². The summed E-state index contributed by atoms with van der Waals surface area (Å²) in [5.41, 5.74) is 0. The molecule has 0 spiro atoms. The Morgan fingerprint density at radius 2 is 1.05 bits per heavy atom. The number of ether oxygens (including phenoxy) is 4. The van der Waals surface area contributed by atoms with Gasteiger partial charge in [0.05, 0.1) is 19.8 Å². The average Bonchev–Trinajstić information content (AvgIpc) is 3.29. The first-order chi connectivity index (χ1) is 32.1. The lowest BCUT2D eigenvalue weighted by atomic mass is 9.99. The third-order valence-electron chi connectivity index (χ3n) is 12.3. The summed E-state index contributed by atoms with van der Waals surface area (Å²) in [6.07, 6.45) is 44.8. The van der Waals surface area contributed by atoms with Crippen LogP contribution in [0.25, 0.3) is 0 Å². The first-order valence-corrected chi connectivity index (χ1v) is 28.1. The van der Waals surface area contributed by atoms with Gasteiger partial charge in [-0.1, -0.05) is 217 Å². The second-order valence-corrected chi connectivity index (χ2v) is 19.5. The van der Waals surface area contributed by atoms with E-state index in [1.165, 1.54) is 135 Å². The maximum absolute atomic E-state index is 12.9. The quantitative estimate of drug-likeness (QED) is 0.0197. The number of aliphatic hydroxyl groups is 3. The van der Waals surface area contributed by atoms with E-state index in [0.29, 0.717) is 13.0 Å². The molecule has 1 saturated heterocycles. The molecule has 66 heavy (non-hydrogen) atoms. The molecule has 0 saturated carbocycles. The van der Waals surface area contributed by atoms with E-state index in [-0.39, 0.29) is 19.6 Å². The van der Waals surface area contributed by atoms with Crippen LogP contribution in [0.5, 0.6) is 0 Å². The van der Waals surface area contributed by atoms with Crippen LogP contribution in [-0.4, -0.2) is 97.5 Å². The highest BCUT2D eigenvalue weighted by atomic mass is 32.3. The Hall–Kier alpha value is -1.68. The van der Waals surface area contributed by atoms with Crippen molar-refractivity contribution in [3.8, 4) is 0 Å². The monoisotopic (exact) mass is 959 g/mol. The Morgan fingerprint density at radius 1 is 0.591 bits per heavy atom. The van der Waals surface area contributed by atoms with Gasteiger partial charge in [-0.3, -0.25) is 9.35 Å². The lowest BCUT2D eigenvalue weighted by molar-refractivity contribution is -0.301. The number of unbranched alkanes of at least 4 members (excludes halogenated alkanes) is 28. The van der Waals surface area contributed by atoms with Gasteiger partial charge in [0, 0.05) is 13.0 Å². The number of rotatable bonds is 47. The zero-order valence-electron chi connectivity index (χ0n) is 41.8. The van der Waals surface area contributed by atoms with Gasteiger partial charge in [-0.2, -0.15) is 8.42 Å². The van der Waals surface area contributed by atoms with Gasteiger partial charge in [-0.15, -0.1) is 0 Å². The van der Waals surface area contributed by atoms with Gasteiger partial charge in [-0.05, 0) is 44.9 Å². The highest BCUT2D eigenvalue weighted by Crippen LogP contribution is 2.26. The summed E-state index contributed by atoms with van der Waals surface area (Å²) in [5.74, 6) is -0.412. The number of aliphatic hydroxyl groups excluding tert-OH is 3. The van der Waals surface area contributed by atoms with Crippen molar-refractivity contribution in [3.63, 3.8) is 0 Å². The summed E-state index contributed by atoms with van der Waals surface area (Å²) >= 11 is 0. The molecule has 0 bridgehead atoms. The van der Waals surface area contributed by atoms with Crippen molar-refractivity contribution >= 4 is 16.4 Å². The topological polar surface area (TPSA) is 178 Å². The van der Waals surface area contributed by atoms with E-state index in [1.807, 2.05) is 0 Å². The maximum Gasteiger partial charge on any atom is 0.397 e. The van der Waals surface area contributed by atoms with E-state index >= 15 is 0 Å². The molecule has 4 N–H and O–H groups in total. The van der Waals surface area contributed by atoms with Crippen LogP contribution >= 0.6 is 0 Å². The Labute approximate surface area is 403 Å². The van der Waals surface area contributed by atoms with E-state index in [9.17, 15) is 33.1 Å². The second-order valence-electron chi connectivity index (χ2n) is 18.4. The van der Waals surface area contributed by atoms with Crippen molar-refractivity contribution in [3.05, 3.63) is 36.5 Å². The SMILES string of the molecule is CC/C=C\C/C=C\C/C=C\CCCCCCCC(=O)OC(COCCCCCCCCCCCCCCCCCCCCCCCCCC)COC1OC(CO)C(O)C(OS(=O)(=O)O)C1O. The van der Waals surface area contributed by atoms with Gasteiger partial charge >= 0.3 is 16.4 Å². The Kier molecular flexibility index (Phi) is 42.1. The van der Waals surface area contributed by atoms with Gasteiger partial charge in [0.1, 0.15) is 30.5 Å². The smallest absolute Gasteiger partial charge is 0.397 e. The molecule has 1 heterocycles. The third-order valence-corrected chi connectivity index (χ3v) is 12.7. The lowest BCUT2D eigenvalue weighted by Gasteiger charge is -2.41. The number of hydrogen-bond acceptors (Lipinski definition) is 11. The van der Waals surface area contributed by atoms with E-state index < -0.39 is 59.8 Å². The number of carbonyl (C=O) groups excluding carboxylic acids is 1. The Balaban J connectivity index is 2.30. The highest BCUT2D eigenvalue weighted by Gasteiger charge is 2.48. The minimum Gasteiger partial charge on any atom is -0.457 e. The highest BCUT2D eigenvalue weighted by molar-refractivity contribution is 7.80. The third kappa shape index (κ3) is 37.2. The molecular formula is C53H98O12S. The molecule has 12 nitrogen and oxygen atoms in total. The summed E-state index contributed by atoms with van der Waals surface area (Å²) in [6, 6.07) is 0. The summed E-state index contributed by atoms with van der Waals surface area (Å²) in [4.78, 5) is 12.9. The van der Waals surface area contributed by atoms with Crippen LogP contribution in [0.1, 0.15) is 232 Å². The van der Waals surface area contributed by atoms with Crippen molar-refractivity contribution in [2.75, 3.05) is 26.4 Å². The molecule has 1 rings (SSSR count). The number of allylic oxidation sites excluding steroid dienone is 6. The van der Waals surface area contributed by atoms with Crippen LogP contribution in [-0.2, 0) is 38.3 Å². The van der Waals surface area contributed by atoms with Crippen molar-refractivity contribution in [2.24, 2.45) is 0 Å². The molecule has 0 aromatic rings. The maximum atomic E-state index is 12.9. The van der Waals surface area contributed by atoms with Gasteiger partial charge in [0.2, 0.25) is 0 Å². The fourth-order valence-corrected chi connectivity index (χ4v) is 8.79. The van der Waals surface area contributed by atoms with Gasteiger partial charge < -0.3 is 34.3 Å². The molecule has 0 radical (unpaired) electrons. The summed E-state index contributed by atoms with van der Waals surface area (Å²) < 4.78 is 59.3. The molecule has 1 fully saturated rings. The lowest BCUT2D eigenvalue weighted by Crippen LogP contribution is -2.60. The molecule has 1 aliphatic heterocycles. The van der Waals surface area contributed by atoms with Gasteiger partial charge in [0.15, 0.2) is 6.29 Å². The average molecular weight is 959 g/mol. The zero-order chi connectivity index (χ0) is 48.2. The van der Waals surface area contributed by atoms with E-state index in [0.717, 1.165) is 70.6 Å². The minimum absolute atomic E-state index is 0.0319. The van der Waals surface area contributed by atoms with E-state index in [2.05, 4.69) is 54.5 Å². The predicted molar refractivity (Wildman–Crippen MR) is 267 cm³/mol. The van der Waals surface area contributed by atoms with Crippen molar-refractivity contribution in [1.29, 1.82) is 0 Å². The molecule has 6 atom stereocenters. The van der Waals surface area contributed by atoms with Crippen LogP contribution in [0, 0.1) is 0 Å². The van der Waals surface area contributed by atoms with Crippen LogP contribution in [0.2, 0.25) is 0 Å². The van der Waals surface area contributed by atoms with Crippen molar-refractivity contribution in [1.82, 2.24) is 0 Å². The second kappa shape index (κ2) is 44.5. The fraction of sp³-hybridized carbons (Fsp3) is 0.868.